The molecule has 3 aliphatic heterocycles. The zero-order chi connectivity index (χ0) is 26.5. The summed E-state index contributed by atoms with van der Waals surface area (Å²) in [5.41, 5.74) is 4.77. The Labute approximate surface area is 227 Å². The highest BCUT2D eigenvalue weighted by Gasteiger charge is 2.43. The Morgan fingerprint density at radius 3 is 2.45 bits per heavy atom. The first-order valence-electron chi connectivity index (χ1n) is 14.3. The highest BCUT2D eigenvalue weighted by molar-refractivity contribution is 7.89. The van der Waals surface area contributed by atoms with Crippen LogP contribution in [0.4, 0.5) is 5.95 Å². The smallest absolute Gasteiger partial charge is 0.225 e. The van der Waals surface area contributed by atoms with Gasteiger partial charge in [0.1, 0.15) is 11.4 Å². The molecule has 0 amide bonds. The van der Waals surface area contributed by atoms with Crippen molar-refractivity contribution in [1.82, 2.24) is 14.3 Å². The average molecular weight is 537 g/mol. The summed E-state index contributed by atoms with van der Waals surface area (Å²) in [5, 5.41) is 0. The molecule has 0 spiro atoms. The minimum absolute atomic E-state index is 0.135. The van der Waals surface area contributed by atoms with E-state index in [-0.39, 0.29) is 17.3 Å². The number of aromatic nitrogens is 2. The summed E-state index contributed by atoms with van der Waals surface area (Å²) in [4.78, 5) is 11.6. The number of fused-ring (bicyclic) bond motifs is 1. The van der Waals surface area contributed by atoms with Crippen LogP contribution in [0.25, 0.3) is 5.57 Å². The standard InChI is InChI=1S/C30H40N4O3S/c1-21(2)20-38(35,36)34-14-8-23(9-15-34)24-6-7-28-25(16-24)17-30(3,37-28)27-10-12-33(13-11-27)29-31-18-26(19-32-29)22-4-5-22/h6-8,16,18-19,21-22,27H,4-5,9-15,17,20H2,1-3H3. The normalized spacial score (nSPS) is 24.8. The summed E-state index contributed by atoms with van der Waals surface area (Å²) in [5.74, 6) is 3.37. The third-order valence-corrected chi connectivity index (χ3v) is 11.0. The van der Waals surface area contributed by atoms with Gasteiger partial charge < -0.3 is 9.64 Å². The van der Waals surface area contributed by atoms with Crippen molar-refractivity contribution in [2.75, 3.05) is 36.8 Å². The Morgan fingerprint density at radius 2 is 1.82 bits per heavy atom. The fraction of sp³-hybridized carbons (Fsp3) is 0.600. The third kappa shape index (κ3) is 5.22. The Bertz CT molecular complexity index is 1310. The van der Waals surface area contributed by atoms with Gasteiger partial charge in [-0.05, 0) is 85.3 Å². The number of nitrogens with zero attached hydrogens (tertiary/aromatic N) is 4. The molecule has 38 heavy (non-hydrogen) atoms. The molecule has 1 atom stereocenters. The van der Waals surface area contributed by atoms with Crippen LogP contribution in [-0.2, 0) is 16.4 Å². The van der Waals surface area contributed by atoms with E-state index in [1.54, 1.807) is 4.31 Å². The van der Waals surface area contributed by atoms with Crippen molar-refractivity contribution in [3.8, 4) is 5.75 Å². The van der Waals surface area contributed by atoms with Crippen LogP contribution in [0.15, 0.2) is 36.7 Å². The molecular weight excluding hydrogens is 496 g/mol. The molecule has 0 radical (unpaired) electrons. The predicted molar refractivity (Wildman–Crippen MR) is 151 cm³/mol. The first-order chi connectivity index (χ1) is 18.2. The van der Waals surface area contributed by atoms with Crippen molar-refractivity contribution in [2.24, 2.45) is 11.8 Å². The second-order valence-corrected chi connectivity index (χ2v) is 14.3. The molecule has 2 aromatic rings. The van der Waals surface area contributed by atoms with Gasteiger partial charge in [0, 0.05) is 50.9 Å². The number of hydrogen-bond donors (Lipinski definition) is 0. The summed E-state index contributed by atoms with van der Waals surface area (Å²) in [6.45, 7) is 9.10. The monoisotopic (exact) mass is 536 g/mol. The Hall–Kier alpha value is -2.45. The summed E-state index contributed by atoms with van der Waals surface area (Å²) in [6.07, 6.45) is 12.5. The Morgan fingerprint density at radius 1 is 1.08 bits per heavy atom. The lowest BCUT2D eigenvalue weighted by molar-refractivity contribution is 0.0349. The van der Waals surface area contributed by atoms with Gasteiger partial charge in [0.05, 0.1) is 5.75 Å². The Kier molecular flexibility index (Phi) is 6.75. The quantitative estimate of drug-likeness (QED) is 0.494. The van der Waals surface area contributed by atoms with Crippen molar-refractivity contribution < 1.29 is 13.2 Å². The Balaban J connectivity index is 1.08. The molecule has 0 bridgehead atoms. The van der Waals surface area contributed by atoms with Gasteiger partial charge in [-0.25, -0.2) is 18.4 Å². The summed E-state index contributed by atoms with van der Waals surface area (Å²) in [6, 6.07) is 6.53. The van der Waals surface area contributed by atoms with Crippen LogP contribution in [0, 0.1) is 11.8 Å². The van der Waals surface area contributed by atoms with Crippen molar-refractivity contribution in [2.45, 2.75) is 70.8 Å². The van der Waals surface area contributed by atoms with Crippen LogP contribution < -0.4 is 9.64 Å². The molecule has 0 N–H and O–H groups in total. The van der Waals surface area contributed by atoms with Crippen LogP contribution in [0.5, 0.6) is 5.75 Å². The van der Waals surface area contributed by atoms with Gasteiger partial charge >= 0.3 is 0 Å². The lowest BCUT2D eigenvalue weighted by atomic mass is 9.79. The van der Waals surface area contributed by atoms with Crippen LogP contribution in [0.3, 0.4) is 0 Å². The molecule has 1 unspecified atom stereocenters. The van der Waals surface area contributed by atoms with Gasteiger partial charge in [-0.2, -0.15) is 4.31 Å². The topological polar surface area (TPSA) is 75.6 Å². The van der Waals surface area contributed by atoms with Crippen LogP contribution in [0.2, 0.25) is 0 Å². The highest BCUT2D eigenvalue weighted by Crippen LogP contribution is 2.44. The van der Waals surface area contributed by atoms with Crippen molar-refractivity contribution in [1.29, 1.82) is 0 Å². The van der Waals surface area contributed by atoms with E-state index in [1.807, 2.05) is 26.2 Å². The largest absolute Gasteiger partial charge is 0.487 e. The molecule has 8 heteroatoms. The molecule has 2 fully saturated rings. The van der Waals surface area contributed by atoms with Crippen molar-refractivity contribution >= 4 is 21.5 Å². The van der Waals surface area contributed by atoms with Crippen LogP contribution >= 0.6 is 0 Å². The second-order valence-electron chi connectivity index (χ2n) is 12.3. The number of benzene rings is 1. The maximum atomic E-state index is 12.6. The first kappa shape index (κ1) is 25.8. The van der Waals surface area contributed by atoms with Gasteiger partial charge in [-0.1, -0.05) is 26.0 Å². The molecule has 4 heterocycles. The molecular formula is C30H40N4O3S. The number of rotatable bonds is 7. The van der Waals surface area contributed by atoms with Crippen LogP contribution in [0.1, 0.15) is 75.5 Å². The van der Waals surface area contributed by atoms with E-state index in [4.69, 9.17) is 4.74 Å². The van der Waals surface area contributed by atoms with Crippen molar-refractivity contribution in [3.05, 3.63) is 53.4 Å². The molecule has 7 nitrogen and oxygen atoms in total. The molecule has 1 aromatic carbocycles. The number of ether oxygens (including phenoxy) is 1. The van der Waals surface area contributed by atoms with E-state index >= 15 is 0 Å². The number of hydrogen-bond acceptors (Lipinski definition) is 6. The number of piperidine rings is 1. The van der Waals surface area contributed by atoms with Gasteiger partial charge in [0.25, 0.3) is 0 Å². The first-order valence-corrected chi connectivity index (χ1v) is 15.9. The number of sulfonamides is 1. The summed E-state index contributed by atoms with van der Waals surface area (Å²) >= 11 is 0. The molecule has 1 saturated carbocycles. The fourth-order valence-corrected chi connectivity index (χ4v) is 8.14. The highest BCUT2D eigenvalue weighted by atomic mass is 32.2. The SMILES string of the molecule is CC(C)CS(=O)(=O)N1CC=C(c2ccc3c(c2)CC(C)(C2CCN(c4ncc(C5CC5)cn4)CC2)O3)CC1. The van der Waals surface area contributed by atoms with E-state index in [9.17, 15) is 8.42 Å². The lowest BCUT2D eigenvalue weighted by Gasteiger charge is -2.40. The van der Waals surface area contributed by atoms with Gasteiger partial charge in [-0.3, -0.25) is 0 Å². The zero-order valence-corrected chi connectivity index (χ0v) is 23.7. The van der Waals surface area contributed by atoms with E-state index in [0.717, 1.165) is 50.5 Å². The van der Waals surface area contributed by atoms with Crippen molar-refractivity contribution in [3.63, 3.8) is 0 Å². The molecule has 4 aliphatic rings. The molecule has 6 rings (SSSR count). The van der Waals surface area contributed by atoms with E-state index in [2.05, 4.69) is 46.1 Å². The van der Waals surface area contributed by atoms with E-state index in [1.165, 1.54) is 35.1 Å². The molecule has 204 valence electrons. The molecule has 1 saturated heterocycles. The number of anilines is 1. The third-order valence-electron chi connectivity index (χ3n) is 8.77. The average Bonchev–Trinajstić information content (AvgIpc) is 3.69. The lowest BCUT2D eigenvalue weighted by Crippen LogP contribution is -2.46. The fourth-order valence-electron chi connectivity index (χ4n) is 6.41. The molecule has 1 aliphatic carbocycles. The summed E-state index contributed by atoms with van der Waals surface area (Å²) < 4.78 is 33.5. The maximum absolute atomic E-state index is 12.6. The predicted octanol–water partition coefficient (Wildman–Crippen LogP) is 5.04. The van der Waals surface area contributed by atoms with Gasteiger partial charge in [-0.15, -0.1) is 0 Å². The zero-order valence-electron chi connectivity index (χ0n) is 22.9. The van der Waals surface area contributed by atoms with Gasteiger partial charge in [0.15, 0.2) is 0 Å². The van der Waals surface area contributed by atoms with Gasteiger partial charge in [0.2, 0.25) is 16.0 Å². The minimum Gasteiger partial charge on any atom is -0.487 e. The van der Waals surface area contributed by atoms with Crippen LogP contribution in [-0.4, -0.2) is 60.2 Å². The molecule has 1 aromatic heterocycles. The maximum Gasteiger partial charge on any atom is 0.225 e. The van der Waals surface area contributed by atoms with E-state index < -0.39 is 10.0 Å². The van der Waals surface area contributed by atoms with E-state index in [0.29, 0.717) is 24.9 Å². The summed E-state index contributed by atoms with van der Waals surface area (Å²) in [7, 11) is -3.19. The second kappa shape index (κ2) is 9.94. The minimum atomic E-state index is -3.19.